The highest BCUT2D eigenvalue weighted by Gasteiger charge is 2.45. The summed E-state index contributed by atoms with van der Waals surface area (Å²) in [5, 5.41) is 5.63. The highest BCUT2D eigenvalue weighted by molar-refractivity contribution is 5.82. The van der Waals surface area contributed by atoms with E-state index in [1.165, 1.54) is 10.8 Å². The van der Waals surface area contributed by atoms with Crippen molar-refractivity contribution in [1.82, 2.24) is 0 Å². The summed E-state index contributed by atoms with van der Waals surface area (Å²) in [6.07, 6.45) is -0.434. The molecule has 0 aliphatic carbocycles. The molecule has 4 nitrogen and oxygen atoms in total. The van der Waals surface area contributed by atoms with Crippen molar-refractivity contribution in [2.45, 2.75) is 38.3 Å². The summed E-state index contributed by atoms with van der Waals surface area (Å²) in [5.41, 5.74) is 2.67. The quantitative estimate of drug-likeness (QED) is 0.653. The van der Waals surface area contributed by atoms with Crippen LogP contribution in [0.2, 0.25) is 0 Å². The number of hydrogen-bond donors (Lipinski definition) is 1. The van der Waals surface area contributed by atoms with Crippen LogP contribution < -0.4 is 10.1 Å². The second-order valence-corrected chi connectivity index (χ2v) is 7.78. The molecule has 1 aliphatic rings. The van der Waals surface area contributed by atoms with Crippen molar-refractivity contribution in [2.75, 3.05) is 19.5 Å². The molecule has 0 fully saturated rings. The van der Waals surface area contributed by atoms with Crippen molar-refractivity contribution in [3.8, 4) is 5.75 Å². The molecule has 2 unspecified atom stereocenters. The van der Waals surface area contributed by atoms with Gasteiger partial charge in [0.05, 0.1) is 6.61 Å². The average Bonchev–Trinajstić information content (AvgIpc) is 2.71. The molecule has 1 N–H and O–H groups in total. The second kappa shape index (κ2) is 7.46. The number of methoxy groups -OCH3 is 1. The van der Waals surface area contributed by atoms with Gasteiger partial charge in [0.2, 0.25) is 0 Å². The van der Waals surface area contributed by atoms with Crippen LogP contribution >= 0.6 is 0 Å². The molecule has 0 radical (unpaired) electrons. The van der Waals surface area contributed by atoms with E-state index in [1.54, 1.807) is 7.11 Å². The molecule has 2 atom stereocenters. The minimum atomic E-state index is -0.508. The Hall–Kier alpha value is -2.56. The minimum Gasteiger partial charge on any atom is -0.485 e. The fourth-order valence-electron chi connectivity index (χ4n) is 3.94. The van der Waals surface area contributed by atoms with Crippen LogP contribution in [0.3, 0.4) is 0 Å². The maximum Gasteiger partial charge on any atom is 0.132 e. The van der Waals surface area contributed by atoms with Crippen molar-refractivity contribution in [2.24, 2.45) is 0 Å². The summed E-state index contributed by atoms with van der Waals surface area (Å²) in [6, 6.07) is 20.9. The predicted molar refractivity (Wildman–Crippen MR) is 113 cm³/mol. The third-order valence-electron chi connectivity index (χ3n) is 5.44. The molecule has 146 valence electrons. The zero-order valence-electron chi connectivity index (χ0n) is 16.9. The largest absolute Gasteiger partial charge is 0.485 e. The van der Waals surface area contributed by atoms with E-state index in [0.29, 0.717) is 6.61 Å². The standard InChI is InChI=1S/C24H27NO3/c1-24(2)23(22(26-4)20-14-19(25-3)11-12-21(20)28-24)27-15-16-9-10-17-7-5-6-8-18(17)13-16/h5-14,22-23,25H,15H2,1-4H3. The smallest absolute Gasteiger partial charge is 0.132 e. The zero-order valence-corrected chi connectivity index (χ0v) is 16.9. The molecule has 0 saturated heterocycles. The van der Waals surface area contributed by atoms with Crippen LogP contribution in [0.1, 0.15) is 31.1 Å². The van der Waals surface area contributed by atoms with Gasteiger partial charge in [0, 0.05) is 25.4 Å². The molecule has 1 aliphatic heterocycles. The van der Waals surface area contributed by atoms with Crippen LogP contribution in [0.4, 0.5) is 5.69 Å². The normalized spacial score (nSPS) is 20.4. The summed E-state index contributed by atoms with van der Waals surface area (Å²) in [4.78, 5) is 0. The molecule has 1 heterocycles. The van der Waals surface area contributed by atoms with E-state index >= 15 is 0 Å². The lowest BCUT2D eigenvalue weighted by atomic mass is 9.88. The van der Waals surface area contributed by atoms with Gasteiger partial charge in [0.1, 0.15) is 23.6 Å². The van der Waals surface area contributed by atoms with E-state index in [1.807, 2.05) is 19.2 Å². The van der Waals surface area contributed by atoms with E-state index in [9.17, 15) is 0 Å². The monoisotopic (exact) mass is 377 g/mol. The van der Waals surface area contributed by atoms with Gasteiger partial charge in [0.15, 0.2) is 0 Å². The Kier molecular flexibility index (Phi) is 5.00. The van der Waals surface area contributed by atoms with Gasteiger partial charge in [-0.25, -0.2) is 0 Å². The van der Waals surface area contributed by atoms with Gasteiger partial charge in [-0.05, 0) is 54.4 Å². The molecular weight excluding hydrogens is 350 g/mol. The first-order valence-electron chi connectivity index (χ1n) is 9.64. The molecule has 3 aromatic rings. The van der Waals surface area contributed by atoms with E-state index in [4.69, 9.17) is 14.2 Å². The van der Waals surface area contributed by atoms with Crippen LogP contribution in [0.5, 0.6) is 5.75 Å². The third-order valence-corrected chi connectivity index (χ3v) is 5.44. The first-order valence-corrected chi connectivity index (χ1v) is 9.64. The summed E-state index contributed by atoms with van der Waals surface area (Å²) >= 11 is 0. The Labute approximate surface area is 166 Å². The summed E-state index contributed by atoms with van der Waals surface area (Å²) in [5.74, 6) is 0.849. The van der Waals surface area contributed by atoms with E-state index in [2.05, 4.69) is 67.7 Å². The molecule has 4 heteroatoms. The number of ether oxygens (including phenoxy) is 3. The molecule has 0 saturated carbocycles. The maximum absolute atomic E-state index is 6.40. The fraction of sp³-hybridized carbons (Fsp3) is 0.333. The van der Waals surface area contributed by atoms with E-state index < -0.39 is 5.60 Å². The Balaban J connectivity index is 1.61. The van der Waals surface area contributed by atoms with Crippen molar-refractivity contribution in [1.29, 1.82) is 0 Å². The fourth-order valence-corrected chi connectivity index (χ4v) is 3.94. The molecular formula is C24H27NO3. The molecule has 0 amide bonds. The summed E-state index contributed by atoms with van der Waals surface area (Å²) in [6.45, 7) is 4.61. The SMILES string of the molecule is CNc1ccc2c(c1)C(OC)C(OCc1ccc3ccccc3c1)C(C)(C)O2. The molecule has 0 aromatic heterocycles. The second-order valence-electron chi connectivity index (χ2n) is 7.78. The van der Waals surface area contributed by atoms with E-state index in [-0.39, 0.29) is 12.2 Å². The van der Waals surface area contributed by atoms with Crippen molar-refractivity contribution >= 4 is 16.5 Å². The van der Waals surface area contributed by atoms with Crippen molar-refractivity contribution in [3.63, 3.8) is 0 Å². The number of anilines is 1. The topological polar surface area (TPSA) is 39.7 Å². The number of benzene rings is 3. The first kappa shape index (κ1) is 18.8. The maximum atomic E-state index is 6.40. The zero-order chi connectivity index (χ0) is 19.7. The molecule has 3 aromatic carbocycles. The highest BCUT2D eigenvalue weighted by Crippen LogP contribution is 2.44. The van der Waals surface area contributed by atoms with Gasteiger partial charge in [-0.15, -0.1) is 0 Å². The number of hydrogen-bond acceptors (Lipinski definition) is 4. The van der Waals surface area contributed by atoms with Crippen LogP contribution in [-0.2, 0) is 16.1 Å². The van der Waals surface area contributed by atoms with Crippen LogP contribution in [-0.4, -0.2) is 25.9 Å². The Morgan fingerprint density at radius 1 is 1.00 bits per heavy atom. The number of fused-ring (bicyclic) bond motifs is 2. The molecule has 28 heavy (non-hydrogen) atoms. The van der Waals surface area contributed by atoms with Gasteiger partial charge < -0.3 is 19.5 Å². The van der Waals surface area contributed by atoms with Crippen molar-refractivity contribution in [3.05, 3.63) is 71.8 Å². The van der Waals surface area contributed by atoms with Gasteiger partial charge in [-0.3, -0.25) is 0 Å². The molecule has 0 bridgehead atoms. The van der Waals surface area contributed by atoms with E-state index in [0.717, 1.165) is 22.6 Å². The predicted octanol–water partition coefficient (Wildman–Crippen LogP) is 5.33. The summed E-state index contributed by atoms with van der Waals surface area (Å²) in [7, 11) is 3.64. The molecule has 0 spiro atoms. The Morgan fingerprint density at radius 3 is 2.54 bits per heavy atom. The Bertz CT molecular complexity index is 983. The lowest BCUT2D eigenvalue weighted by Gasteiger charge is -2.44. The minimum absolute atomic E-state index is 0.201. The first-order chi connectivity index (χ1) is 13.5. The highest BCUT2D eigenvalue weighted by atomic mass is 16.6. The third kappa shape index (κ3) is 3.46. The van der Waals surface area contributed by atoms with Crippen molar-refractivity contribution < 1.29 is 14.2 Å². The van der Waals surface area contributed by atoms with Crippen LogP contribution in [0.15, 0.2) is 60.7 Å². The van der Waals surface area contributed by atoms with Gasteiger partial charge in [0.25, 0.3) is 0 Å². The average molecular weight is 377 g/mol. The van der Waals surface area contributed by atoms with Gasteiger partial charge >= 0.3 is 0 Å². The Morgan fingerprint density at radius 2 is 1.79 bits per heavy atom. The lowest BCUT2D eigenvalue weighted by molar-refractivity contribution is -0.159. The van der Waals surface area contributed by atoms with Gasteiger partial charge in [-0.2, -0.15) is 0 Å². The number of nitrogens with one attached hydrogen (secondary N) is 1. The molecule has 4 rings (SSSR count). The van der Waals surface area contributed by atoms with Crippen LogP contribution in [0, 0.1) is 0 Å². The summed E-state index contributed by atoms with van der Waals surface area (Å²) < 4.78 is 18.6. The lowest BCUT2D eigenvalue weighted by Crippen LogP contribution is -2.50. The number of rotatable bonds is 5. The van der Waals surface area contributed by atoms with Crippen LogP contribution in [0.25, 0.3) is 10.8 Å². The van der Waals surface area contributed by atoms with Gasteiger partial charge in [-0.1, -0.05) is 36.4 Å².